The summed E-state index contributed by atoms with van der Waals surface area (Å²) in [5, 5.41) is 2.91. The molecule has 0 spiro atoms. The Kier molecular flexibility index (Phi) is 5.59. The van der Waals surface area contributed by atoms with Crippen molar-refractivity contribution in [2.24, 2.45) is 5.92 Å². The number of fused-ring (bicyclic) bond motifs is 1. The molecule has 1 N–H and O–H groups in total. The van der Waals surface area contributed by atoms with Crippen LogP contribution < -0.4 is 14.8 Å². The van der Waals surface area contributed by atoms with E-state index in [1.807, 2.05) is 18.2 Å². The zero-order valence-corrected chi connectivity index (χ0v) is 12.8. The highest BCUT2D eigenvalue weighted by Gasteiger charge is 2.11. The van der Waals surface area contributed by atoms with E-state index in [1.54, 1.807) is 0 Å². The summed E-state index contributed by atoms with van der Waals surface area (Å²) in [6.07, 6.45) is 0.898. The van der Waals surface area contributed by atoms with Gasteiger partial charge in [0.25, 0.3) is 0 Å². The number of ether oxygens (including phenoxy) is 2. The molecular formula is C15H21NO3S. The maximum absolute atomic E-state index is 11.7. The van der Waals surface area contributed by atoms with Crippen molar-refractivity contribution in [3.05, 3.63) is 18.2 Å². The molecule has 0 radical (unpaired) electrons. The normalized spacial score (nSPS) is 13.9. The third-order valence-corrected chi connectivity index (χ3v) is 3.79. The van der Waals surface area contributed by atoms with E-state index >= 15 is 0 Å². The van der Waals surface area contributed by atoms with Gasteiger partial charge in [-0.05, 0) is 24.1 Å². The smallest absolute Gasteiger partial charge is 0.230 e. The van der Waals surface area contributed by atoms with Crippen molar-refractivity contribution in [3.63, 3.8) is 0 Å². The fourth-order valence-electron chi connectivity index (χ4n) is 1.75. The molecule has 0 fully saturated rings. The minimum absolute atomic E-state index is 0.0656. The standard InChI is InChI=1S/C15H21NO3S/c1-11(2)9-16-15(17)10-20-12-4-5-13-14(8-12)19-7-3-6-18-13/h4-5,8,11H,3,6-7,9-10H2,1-2H3,(H,16,17). The molecule has 2 rings (SSSR count). The maximum Gasteiger partial charge on any atom is 0.230 e. The van der Waals surface area contributed by atoms with Crippen LogP contribution in [-0.2, 0) is 4.79 Å². The van der Waals surface area contributed by atoms with Gasteiger partial charge in [0.05, 0.1) is 19.0 Å². The lowest BCUT2D eigenvalue weighted by Crippen LogP contribution is -2.28. The third kappa shape index (κ3) is 4.63. The monoisotopic (exact) mass is 295 g/mol. The minimum Gasteiger partial charge on any atom is -0.490 e. The molecule has 0 saturated carbocycles. The number of carbonyl (C=O) groups is 1. The van der Waals surface area contributed by atoms with Crippen LogP contribution in [0.2, 0.25) is 0 Å². The highest BCUT2D eigenvalue weighted by atomic mass is 32.2. The molecule has 0 bridgehead atoms. The van der Waals surface area contributed by atoms with Gasteiger partial charge in [-0.2, -0.15) is 0 Å². The number of benzene rings is 1. The van der Waals surface area contributed by atoms with Crippen molar-refractivity contribution in [2.75, 3.05) is 25.5 Å². The number of amides is 1. The first kappa shape index (κ1) is 15.0. The summed E-state index contributed by atoms with van der Waals surface area (Å²) in [6, 6.07) is 5.82. The van der Waals surface area contributed by atoms with Crippen LogP contribution in [0.4, 0.5) is 0 Å². The van der Waals surface area contributed by atoms with Crippen LogP contribution in [0.5, 0.6) is 11.5 Å². The first-order chi connectivity index (χ1) is 9.65. The molecule has 1 heterocycles. The molecule has 1 aromatic carbocycles. The van der Waals surface area contributed by atoms with Crippen LogP contribution in [0.15, 0.2) is 23.1 Å². The van der Waals surface area contributed by atoms with Crippen LogP contribution >= 0.6 is 11.8 Å². The molecule has 0 aliphatic carbocycles. The van der Waals surface area contributed by atoms with Crippen LogP contribution in [0, 0.1) is 5.92 Å². The summed E-state index contributed by atoms with van der Waals surface area (Å²) >= 11 is 1.51. The second kappa shape index (κ2) is 7.43. The van der Waals surface area contributed by atoms with Crippen LogP contribution in [0.1, 0.15) is 20.3 Å². The Hall–Kier alpha value is -1.36. The molecule has 1 aromatic rings. The Labute approximate surface area is 124 Å². The average molecular weight is 295 g/mol. The molecular weight excluding hydrogens is 274 g/mol. The highest BCUT2D eigenvalue weighted by Crippen LogP contribution is 2.33. The van der Waals surface area contributed by atoms with E-state index < -0.39 is 0 Å². The predicted octanol–water partition coefficient (Wildman–Crippen LogP) is 2.71. The van der Waals surface area contributed by atoms with Gasteiger partial charge in [0.1, 0.15) is 0 Å². The molecule has 0 aromatic heterocycles. The Bertz CT molecular complexity index is 462. The van der Waals surface area contributed by atoms with E-state index in [0.29, 0.717) is 24.9 Å². The van der Waals surface area contributed by atoms with Crippen LogP contribution in [0.25, 0.3) is 0 Å². The highest BCUT2D eigenvalue weighted by molar-refractivity contribution is 8.00. The fourth-order valence-corrected chi connectivity index (χ4v) is 2.51. The number of nitrogens with one attached hydrogen (secondary N) is 1. The molecule has 0 saturated heterocycles. The molecule has 110 valence electrons. The van der Waals surface area contributed by atoms with Gasteiger partial charge in [-0.25, -0.2) is 0 Å². The summed E-state index contributed by atoms with van der Waals surface area (Å²) in [5.74, 6) is 2.52. The Morgan fingerprint density at radius 2 is 2.05 bits per heavy atom. The van der Waals surface area contributed by atoms with E-state index in [1.165, 1.54) is 11.8 Å². The third-order valence-electron chi connectivity index (χ3n) is 2.80. The predicted molar refractivity (Wildman–Crippen MR) is 80.6 cm³/mol. The molecule has 4 nitrogen and oxygen atoms in total. The van der Waals surface area contributed by atoms with Gasteiger partial charge in [0.15, 0.2) is 11.5 Å². The molecule has 1 amide bonds. The molecule has 5 heteroatoms. The summed E-state index contributed by atoms with van der Waals surface area (Å²) in [4.78, 5) is 12.7. The van der Waals surface area contributed by atoms with Gasteiger partial charge < -0.3 is 14.8 Å². The summed E-state index contributed by atoms with van der Waals surface area (Å²) in [7, 11) is 0. The van der Waals surface area contributed by atoms with E-state index in [4.69, 9.17) is 9.47 Å². The van der Waals surface area contributed by atoms with Crippen molar-refractivity contribution in [1.29, 1.82) is 0 Å². The Morgan fingerprint density at radius 1 is 1.30 bits per heavy atom. The lowest BCUT2D eigenvalue weighted by Gasteiger charge is -2.10. The zero-order valence-electron chi connectivity index (χ0n) is 12.0. The van der Waals surface area contributed by atoms with Crippen LogP contribution in [-0.4, -0.2) is 31.4 Å². The van der Waals surface area contributed by atoms with Crippen molar-refractivity contribution in [3.8, 4) is 11.5 Å². The van der Waals surface area contributed by atoms with Crippen molar-refractivity contribution in [1.82, 2.24) is 5.32 Å². The molecule has 1 aliphatic heterocycles. The molecule has 0 unspecified atom stereocenters. The van der Waals surface area contributed by atoms with Gasteiger partial charge in [-0.1, -0.05) is 13.8 Å². The largest absolute Gasteiger partial charge is 0.490 e. The van der Waals surface area contributed by atoms with Gasteiger partial charge >= 0.3 is 0 Å². The average Bonchev–Trinajstić information content (AvgIpc) is 2.67. The summed E-state index contributed by atoms with van der Waals surface area (Å²) in [5.41, 5.74) is 0. The molecule has 1 aliphatic rings. The van der Waals surface area contributed by atoms with Gasteiger partial charge in [0, 0.05) is 17.9 Å². The quantitative estimate of drug-likeness (QED) is 0.849. The first-order valence-corrected chi connectivity index (χ1v) is 7.93. The lowest BCUT2D eigenvalue weighted by atomic mass is 10.2. The second-order valence-corrected chi connectivity index (χ2v) is 6.19. The molecule has 0 atom stereocenters. The molecule has 20 heavy (non-hydrogen) atoms. The fraction of sp³-hybridized carbons (Fsp3) is 0.533. The number of rotatable bonds is 5. The minimum atomic E-state index is 0.0656. The number of hydrogen-bond donors (Lipinski definition) is 1. The second-order valence-electron chi connectivity index (χ2n) is 5.15. The summed E-state index contributed by atoms with van der Waals surface area (Å²) < 4.78 is 11.2. The van der Waals surface area contributed by atoms with Crippen molar-refractivity contribution in [2.45, 2.75) is 25.2 Å². The number of thioether (sulfide) groups is 1. The topological polar surface area (TPSA) is 47.6 Å². The summed E-state index contributed by atoms with van der Waals surface area (Å²) in [6.45, 7) is 6.25. The number of hydrogen-bond acceptors (Lipinski definition) is 4. The zero-order chi connectivity index (χ0) is 14.4. The Balaban J connectivity index is 1.87. The first-order valence-electron chi connectivity index (χ1n) is 6.94. The van der Waals surface area contributed by atoms with Crippen LogP contribution in [0.3, 0.4) is 0 Å². The Morgan fingerprint density at radius 3 is 2.80 bits per heavy atom. The van der Waals surface area contributed by atoms with E-state index in [-0.39, 0.29) is 5.91 Å². The lowest BCUT2D eigenvalue weighted by molar-refractivity contribution is -0.118. The van der Waals surface area contributed by atoms with Crippen molar-refractivity contribution < 1.29 is 14.3 Å². The van der Waals surface area contributed by atoms with Gasteiger partial charge in [-0.15, -0.1) is 11.8 Å². The van der Waals surface area contributed by atoms with Gasteiger partial charge in [0.2, 0.25) is 5.91 Å². The van der Waals surface area contributed by atoms with Crippen molar-refractivity contribution >= 4 is 17.7 Å². The van der Waals surface area contributed by atoms with Gasteiger partial charge in [-0.3, -0.25) is 4.79 Å². The number of carbonyl (C=O) groups excluding carboxylic acids is 1. The van der Waals surface area contributed by atoms with E-state index in [9.17, 15) is 4.79 Å². The maximum atomic E-state index is 11.7. The SMILES string of the molecule is CC(C)CNC(=O)CSc1ccc2c(c1)OCCCO2. The van der Waals surface area contributed by atoms with E-state index in [2.05, 4.69) is 19.2 Å². The van der Waals surface area contributed by atoms with E-state index in [0.717, 1.165) is 29.4 Å².